The molecule has 4 nitrogen and oxygen atoms in total. The fourth-order valence-corrected chi connectivity index (χ4v) is 3.34. The molecular weight excluding hydrogens is 296 g/mol. The first kappa shape index (κ1) is 17.4. The number of hydrogen-bond acceptors (Lipinski definition) is 3. The van der Waals surface area contributed by atoms with Gasteiger partial charge in [-0.2, -0.15) is 0 Å². The Kier molecular flexibility index (Phi) is 6.95. The molecule has 1 unspecified atom stereocenters. The second kappa shape index (κ2) is 7.98. The van der Waals surface area contributed by atoms with Crippen molar-refractivity contribution in [2.24, 2.45) is 0 Å². The molecule has 0 aliphatic carbocycles. The van der Waals surface area contributed by atoms with Crippen LogP contribution >= 0.6 is 11.6 Å². The first-order chi connectivity index (χ1) is 9.30. The fraction of sp³-hybridized carbons (Fsp3) is 0.571. The molecule has 114 valence electrons. The monoisotopic (exact) mass is 318 g/mol. The largest absolute Gasteiger partial charge is 0.314 e. The van der Waals surface area contributed by atoms with Gasteiger partial charge in [-0.15, -0.1) is 0 Å². The van der Waals surface area contributed by atoms with Gasteiger partial charge in [0.1, 0.15) is 0 Å². The Balaban J connectivity index is 2.49. The first-order valence-electron chi connectivity index (χ1n) is 6.79. The van der Waals surface area contributed by atoms with Crippen molar-refractivity contribution < 1.29 is 8.42 Å². The van der Waals surface area contributed by atoms with E-state index in [0.29, 0.717) is 24.0 Å². The van der Waals surface area contributed by atoms with Crippen LogP contribution in [0.3, 0.4) is 0 Å². The van der Waals surface area contributed by atoms with E-state index in [2.05, 4.69) is 10.0 Å². The quantitative estimate of drug-likeness (QED) is 0.725. The van der Waals surface area contributed by atoms with Crippen LogP contribution in [0.2, 0.25) is 5.02 Å². The zero-order valence-corrected chi connectivity index (χ0v) is 13.8. The van der Waals surface area contributed by atoms with Crippen LogP contribution in [0.4, 0.5) is 0 Å². The van der Waals surface area contributed by atoms with E-state index >= 15 is 0 Å². The van der Waals surface area contributed by atoms with Crippen molar-refractivity contribution in [2.45, 2.75) is 39.3 Å². The normalized spacial score (nSPS) is 13.7. The molecule has 1 aromatic carbocycles. The van der Waals surface area contributed by atoms with E-state index in [1.807, 2.05) is 32.9 Å². The third kappa shape index (κ3) is 6.70. The summed E-state index contributed by atoms with van der Waals surface area (Å²) >= 11 is 5.91. The lowest BCUT2D eigenvalue weighted by Crippen LogP contribution is -2.31. The molecular formula is C14H23ClN2O2S. The molecule has 0 spiro atoms. The summed E-state index contributed by atoms with van der Waals surface area (Å²) < 4.78 is 26.6. The minimum Gasteiger partial charge on any atom is -0.314 e. The molecule has 0 amide bonds. The van der Waals surface area contributed by atoms with Gasteiger partial charge in [0.15, 0.2) is 0 Å². The van der Waals surface area contributed by atoms with E-state index in [9.17, 15) is 8.42 Å². The Hall–Kier alpha value is -0.620. The van der Waals surface area contributed by atoms with Gasteiger partial charge in [0, 0.05) is 17.1 Å². The highest BCUT2D eigenvalue weighted by Crippen LogP contribution is 2.18. The van der Waals surface area contributed by atoms with Gasteiger partial charge in [0.2, 0.25) is 10.0 Å². The molecule has 0 aliphatic heterocycles. The lowest BCUT2D eigenvalue weighted by Gasteiger charge is -2.15. The Morgan fingerprint density at radius 3 is 2.55 bits per heavy atom. The molecule has 0 aromatic heterocycles. The van der Waals surface area contributed by atoms with Crippen LogP contribution in [0, 0.1) is 0 Å². The van der Waals surface area contributed by atoms with E-state index in [0.717, 1.165) is 5.56 Å². The lowest BCUT2D eigenvalue weighted by atomic mass is 10.1. The van der Waals surface area contributed by atoms with Gasteiger partial charge in [-0.1, -0.05) is 37.6 Å². The first-order valence-corrected chi connectivity index (χ1v) is 8.82. The maximum absolute atomic E-state index is 12.0. The molecule has 1 rings (SSSR count). The summed E-state index contributed by atoms with van der Waals surface area (Å²) in [6.07, 6.45) is 0.593. The SMILES string of the molecule is CC(C)NCCCS(=O)(=O)NC(C)c1cccc(Cl)c1. The maximum Gasteiger partial charge on any atom is 0.212 e. The molecule has 0 bridgehead atoms. The number of halogens is 1. The fourth-order valence-electron chi connectivity index (χ4n) is 1.83. The zero-order chi connectivity index (χ0) is 15.2. The predicted octanol–water partition coefficient (Wildman–Crippen LogP) is 2.71. The third-order valence-corrected chi connectivity index (χ3v) is 4.62. The van der Waals surface area contributed by atoms with Crippen LogP contribution in [0.5, 0.6) is 0 Å². The number of nitrogens with one attached hydrogen (secondary N) is 2. The van der Waals surface area contributed by atoms with E-state index in [4.69, 9.17) is 11.6 Å². The van der Waals surface area contributed by atoms with Crippen molar-refractivity contribution >= 4 is 21.6 Å². The van der Waals surface area contributed by atoms with Crippen LogP contribution in [0.15, 0.2) is 24.3 Å². The second-order valence-electron chi connectivity index (χ2n) is 5.18. The number of hydrogen-bond donors (Lipinski definition) is 2. The Bertz CT molecular complexity index is 518. The summed E-state index contributed by atoms with van der Waals surface area (Å²) in [5, 5.41) is 3.81. The molecule has 0 heterocycles. The average Bonchev–Trinajstić information content (AvgIpc) is 2.34. The molecule has 0 aliphatic rings. The zero-order valence-electron chi connectivity index (χ0n) is 12.2. The van der Waals surface area contributed by atoms with Crippen molar-refractivity contribution in [1.29, 1.82) is 0 Å². The Morgan fingerprint density at radius 2 is 1.95 bits per heavy atom. The molecule has 1 aromatic rings. The Morgan fingerprint density at radius 1 is 1.25 bits per heavy atom. The van der Waals surface area contributed by atoms with Gasteiger partial charge in [-0.25, -0.2) is 13.1 Å². The third-order valence-electron chi connectivity index (χ3n) is 2.85. The molecule has 20 heavy (non-hydrogen) atoms. The smallest absolute Gasteiger partial charge is 0.212 e. The highest BCUT2D eigenvalue weighted by atomic mass is 35.5. The van der Waals surface area contributed by atoms with E-state index in [-0.39, 0.29) is 11.8 Å². The highest BCUT2D eigenvalue weighted by molar-refractivity contribution is 7.89. The van der Waals surface area contributed by atoms with Gasteiger partial charge < -0.3 is 5.32 Å². The van der Waals surface area contributed by atoms with Gasteiger partial charge in [-0.05, 0) is 37.6 Å². The van der Waals surface area contributed by atoms with Crippen molar-refractivity contribution in [3.05, 3.63) is 34.9 Å². The number of sulfonamides is 1. The van der Waals surface area contributed by atoms with Crippen molar-refractivity contribution in [3.63, 3.8) is 0 Å². The van der Waals surface area contributed by atoms with Gasteiger partial charge >= 0.3 is 0 Å². The van der Waals surface area contributed by atoms with Crippen molar-refractivity contribution in [3.8, 4) is 0 Å². The summed E-state index contributed by atoms with van der Waals surface area (Å²) in [7, 11) is -3.27. The van der Waals surface area contributed by atoms with Crippen LogP contribution in [0.25, 0.3) is 0 Å². The maximum atomic E-state index is 12.0. The van der Waals surface area contributed by atoms with E-state index in [1.54, 1.807) is 12.1 Å². The minimum atomic E-state index is -3.27. The molecule has 6 heteroatoms. The highest BCUT2D eigenvalue weighted by Gasteiger charge is 2.15. The Labute approximate surface area is 127 Å². The van der Waals surface area contributed by atoms with Crippen LogP contribution in [0.1, 0.15) is 38.8 Å². The average molecular weight is 319 g/mol. The van der Waals surface area contributed by atoms with Crippen molar-refractivity contribution in [2.75, 3.05) is 12.3 Å². The predicted molar refractivity (Wildman–Crippen MR) is 84.5 cm³/mol. The lowest BCUT2D eigenvalue weighted by molar-refractivity contribution is 0.552. The summed E-state index contributed by atoms with van der Waals surface area (Å²) in [4.78, 5) is 0. The van der Waals surface area contributed by atoms with Crippen LogP contribution in [-0.4, -0.2) is 26.8 Å². The van der Waals surface area contributed by atoms with Gasteiger partial charge in [0.25, 0.3) is 0 Å². The van der Waals surface area contributed by atoms with Gasteiger partial charge in [0.05, 0.1) is 5.75 Å². The molecule has 0 saturated carbocycles. The van der Waals surface area contributed by atoms with Crippen molar-refractivity contribution in [1.82, 2.24) is 10.0 Å². The molecule has 2 N–H and O–H groups in total. The standard InChI is InChI=1S/C14H23ClN2O2S/c1-11(2)16-8-5-9-20(18,19)17-12(3)13-6-4-7-14(15)10-13/h4,6-7,10-12,16-17H,5,8-9H2,1-3H3. The van der Waals surface area contributed by atoms with E-state index < -0.39 is 10.0 Å². The molecule has 0 fully saturated rings. The molecule has 1 atom stereocenters. The number of benzene rings is 1. The summed E-state index contributed by atoms with van der Waals surface area (Å²) in [5.41, 5.74) is 0.862. The molecule has 0 radical (unpaired) electrons. The topological polar surface area (TPSA) is 58.2 Å². The van der Waals surface area contributed by atoms with E-state index in [1.165, 1.54) is 0 Å². The second-order valence-corrected chi connectivity index (χ2v) is 7.49. The van der Waals surface area contributed by atoms with Crippen LogP contribution in [-0.2, 0) is 10.0 Å². The summed E-state index contributed by atoms with van der Waals surface area (Å²) in [5.74, 6) is 0.123. The minimum absolute atomic E-state index is 0.123. The summed E-state index contributed by atoms with van der Waals surface area (Å²) in [6.45, 7) is 6.58. The van der Waals surface area contributed by atoms with Crippen LogP contribution < -0.4 is 10.0 Å². The number of rotatable bonds is 8. The summed E-state index contributed by atoms with van der Waals surface area (Å²) in [6, 6.07) is 7.31. The van der Waals surface area contributed by atoms with Gasteiger partial charge in [-0.3, -0.25) is 0 Å². The molecule has 0 saturated heterocycles.